The fourth-order valence-electron chi connectivity index (χ4n) is 3.43. The third-order valence-electron chi connectivity index (χ3n) is 5.35. The van der Waals surface area contributed by atoms with E-state index < -0.39 is 6.04 Å². The SMILES string of the molecule is CC(C)C(NC(=O)c1ccc(C(C)(C)C)cc1)C(=O)Nc1cccc(Cn2cccn2)c1. The zero-order valence-corrected chi connectivity index (χ0v) is 19.4. The van der Waals surface area contributed by atoms with E-state index in [4.69, 9.17) is 0 Å². The second kappa shape index (κ2) is 9.81. The van der Waals surface area contributed by atoms with Gasteiger partial charge in [0, 0.05) is 23.6 Å². The number of aromatic nitrogens is 2. The van der Waals surface area contributed by atoms with Crippen molar-refractivity contribution in [1.29, 1.82) is 0 Å². The van der Waals surface area contributed by atoms with Gasteiger partial charge in [0.2, 0.25) is 5.91 Å². The molecule has 0 saturated heterocycles. The van der Waals surface area contributed by atoms with Gasteiger partial charge in [-0.15, -0.1) is 0 Å². The molecule has 0 aliphatic carbocycles. The Balaban J connectivity index is 1.67. The first-order valence-electron chi connectivity index (χ1n) is 10.9. The Labute approximate surface area is 190 Å². The summed E-state index contributed by atoms with van der Waals surface area (Å²) in [7, 11) is 0. The first kappa shape index (κ1) is 23.3. The molecule has 6 nitrogen and oxygen atoms in total. The van der Waals surface area contributed by atoms with Gasteiger partial charge in [-0.05, 0) is 52.8 Å². The number of hydrogen-bond acceptors (Lipinski definition) is 3. The van der Waals surface area contributed by atoms with Crippen molar-refractivity contribution in [3.8, 4) is 0 Å². The highest BCUT2D eigenvalue weighted by atomic mass is 16.2. The van der Waals surface area contributed by atoms with Crippen molar-refractivity contribution in [2.24, 2.45) is 5.92 Å². The van der Waals surface area contributed by atoms with Crippen molar-refractivity contribution in [2.45, 2.75) is 52.6 Å². The molecule has 1 atom stereocenters. The van der Waals surface area contributed by atoms with Crippen molar-refractivity contribution < 1.29 is 9.59 Å². The molecule has 2 aromatic carbocycles. The molecule has 0 fully saturated rings. The Morgan fingerprint density at radius 2 is 1.75 bits per heavy atom. The van der Waals surface area contributed by atoms with Gasteiger partial charge in [0.1, 0.15) is 6.04 Å². The summed E-state index contributed by atoms with van der Waals surface area (Å²) in [6.45, 7) is 10.8. The third kappa shape index (κ3) is 6.06. The first-order valence-corrected chi connectivity index (χ1v) is 10.9. The van der Waals surface area contributed by atoms with E-state index in [0.717, 1.165) is 11.1 Å². The number of rotatable bonds is 7. The summed E-state index contributed by atoms with van der Waals surface area (Å²) in [5, 5.41) is 10.1. The standard InChI is InChI=1S/C26H32N4O2/c1-18(2)23(29-24(31)20-10-12-21(13-11-20)26(3,4)5)25(32)28-22-9-6-8-19(16-22)17-30-15-7-14-27-30/h6-16,18,23H,17H2,1-5H3,(H,28,32)(H,29,31). The van der Waals surface area contributed by atoms with E-state index in [2.05, 4.69) is 36.5 Å². The second-order valence-corrected chi connectivity index (χ2v) is 9.42. The fraction of sp³-hybridized carbons (Fsp3) is 0.346. The van der Waals surface area contributed by atoms with Crippen LogP contribution < -0.4 is 10.6 Å². The van der Waals surface area contributed by atoms with E-state index in [0.29, 0.717) is 17.8 Å². The molecule has 0 bridgehead atoms. The molecule has 0 aliphatic heterocycles. The van der Waals surface area contributed by atoms with E-state index in [1.165, 1.54) is 0 Å². The molecule has 0 radical (unpaired) electrons. The van der Waals surface area contributed by atoms with E-state index in [1.54, 1.807) is 6.20 Å². The molecular weight excluding hydrogens is 400 g/mol. The molecule has 3 aromatic rings. The lowest BCUT2D eigenvalue weighted by Crippen LogP contribution is -2.47. The quantitative estimate of drug-likeness (QED) is 0.572. The van der Waals surface area contributed by atoms with Gasteiger partial charge >= 0.3 is 0 Å². The minimum absolute atomic E-state index is 0.0152. The van der Waals surface area contributed by atoms with Crippen molar-refractivity contribution in [3.63, 3.8) is 0 Å². The molecule has 1 aromatic heterocycles. The van der Waals surface area contributed by atoms with Gasteiger partial charge in [-0.25, -0.2) is 0 Å². The lowest BCUT2D eigenvalue weighted by atomic mass is 9.86. The fourth-order valence-corrected chi connectivity index (χ4v) is 3.43. The van der Waals surface area contributed by atoms with Gasteiger partial charge < -0.3 is 10.6 Å². The van der Waals surface area contributed by atoms with Gasteiger partial charge in [0.15, 0.2) is 0 Å². The van der Waals surface area contributed by atoms with Crippen molar-refractivity contribution >= 4 is 17.5 Å². The molecule has 1 heterocycles. The second-order valence-electron chi connectivity index (χ2n) is 9.42. The Morgan fingerprint density at radius 3 is 2.34 bits per heavy atom. The van der Waals surface area contributed by atoms with Crippen LogP contribution in [-0.4, -0.2) is 27.6 Å². The van der Waals surface area contributed by atoms with Gasteiger partial charge in [0.25, 0.3) is 5.91 Å². The maximum Gasteiger partial charge on any atom is 0.251 e. The van der Waals surface area contributed by atoms with Gasteiger partial charge in [-0.1, -0.05) is 58.9 Å². The minimum Gasteiger partial charge on any atom is -0.340 e. The van der Waals surface area contributed by atoms with Crippen LogP contribution in [0.3, 0.4) is 0 Å². The highest BCUT2D eigenvalue weighted by Crippen LogP contribution is 2.22. The molecule has 2 amide bonds. The van der Waals surface area contributed by atoms with Crippen LogP contribution in [-0.2, 0) is 16.8 Å². The minimum atomic E-state index is -0.653. The summed E-state index contributed by atoms with van der Waals surface area (Å²) in [6, 6.07) is 16.4. The maximum absolute atomic E-state index is 13.0. The molecule has 0 spiro atoms. The lowest BCUT2D eigenvalue weighted by Gasteiger charge is -2.22. The molecule has 2 N–H and O–H groups in total. The monoisotopic (exact) mass is 432 g/mol. The van der Waals surface area contributed by atoms with Crippen LogP contribution in [0, 0.1) is 5.92 Å². The molecule has 168 valence electrons. The van der Waals surface area contributed by atoms with Crippen LogP contribution in [0.25, 0.3) is 0 Å². The van der Waals surface area contributed by atoms with Gasteiger partial charge in [0.05, 0.1) is 6.54 Å². The van der Waals surface area contributed by atoms with Crippen molar-refractivity contribution in [2.75, 3.05) is 5.32 Å². The average Bonchev–Trinajstić information content (AvgIpc) is 3.24. The summed E-state index contributed by atoms with van der Waals surface area (Å²) in [6.07, 6.45) is 3.63. The van der Waals surface area contributed by atoms with Crippen molar-refractivity contribution in [1.82, 2.24) is 15.1 Å². The van der Waals surface area contributed by atoms with Crippen LogP contribution in [0.1, 0.15) is 56.1 Å². The molecule has 3 rings (SSSR count). The van der Waals surface area contributed by atoms with Crippen LogP contribution in [0.4, 0.5) is 5.69 Å². The predicted molar refractivity (Wildman–Crippen MR) is 128 cm³/mol. The summed E-state index contributed by atoms with van der Waals surface area (Å²) in [5.74, 6) is -0.567. The molecule has 1 unspecified atom stereocenters. The summed E-state index contributed by atoms with van der Waals surface area (Å²) < 4.78 is 1.82. The Hall–Kier alpha value is -3.41. The number of amides is 2. The Morgan fingerprint density at radius 1 is 1.03 bits per heavy atom. The molecule has 6 heteroatoms. The Kier molecular flexibility index (Phi) is 7.13. The molecule has 32 heavy (non-hydrogen) atoms. The van der Waals surface area contributed by atoms with Gasteiger partial charge in [-0.3, -0.25) is 14.3 Å². The van der Waals surface area contributed by atoms with E-state index in [1.807, 2.05) is 79.3 Å². The number of nitrogens with zero attached hydrogens (tertiary/aromatic N) is 2. The number of carbonyl (C=O) groups excluding carboxylic acids is 2. The third-order valence-corrected chi connectivity index (χ3v) is 5.35. The summed E-state index contributed by atoms with van der Waals surface area (Å²) in [4.78, 5) is 25.8. The highest BCUT2D eigenvalue weighted by Gasteiger charge is 2.25. The maximum atomic E-state index is 13.0. The zero-order chi connectivity index (χ0) is 23.3. The molecule has 0 aliphatic rings. The summed E-state index contributed by atoms with van der Waals surface area (Å²) in [5.41, 5.74) is 3.42. The topological polar surface area (TPSA) is 76.0 Å². The van der Waals surface area contributed by atoms with Crippen LogP contribution >= 0.6 is 0 Å². The highest BCUT2D eigenvalue weighted by molar-refractivity contribution is 6.01. The number of anilines is 1. The zero-order valence-electron chi connectivity index (χ0n) is 19.4. The van der Waals surface area contributed by atoms with E-state index >= 15 is 0 Å². The smallest absolute Gasteiger partial charge is 0.251 e. The largest absolute Gasteiger partial charge is 0.340 e. The number of benzene rings is 2. The predicted octanol–water partition coefficient (Wildman–Crippen LogP) is 4.62. The molecular formula is C26H32N4O2. The van der Waals surface area contributed by atoms with Crippen molar-refractivity contribution in [3.05, 3.63) is 83.7 Å². The lowest BCUT2D eigenvalue weighted by molar-refractivity contribution is -0.118. The number of carbonyl (C=O) groups is 2. The molecule has 0 saturated carbocycles. The van der Waals surface area contributed by atoms with Crippen LogP contribution in [0.5, 0.6) is 0 Å². The van der Waals surface area contributed by atoms with Crippen LogP contribution in [0.2, 0.25) is 0 Å². The number of hydrogen-bond donors (Lipinski definition) is 2. The average molecular weight is 433 g/mol. The summed E-state index contributed by atoms with van der Waals surface area (Å²) >= 11 is 0. The van der Waals surface area contributed by atoms with Crippen LogP contribution in [0.15, 0.2) is 67.0 Å². The van der Waals surface area contributed by atoms with E-state index in [-0.39, 0.29) is 23.1 Å². The number of nitrogens with one attached hydrogen (secondary N) is 2. The first-order chi connectivity index (χ1) is 15.1. The van der Waals surface area contributed by atoms with Gasteiger partial charge in [-0.2, -0.15) is 5.10 Å². The Bertz CT molecular complexity index is 1050. The normalized spacial score (nSPS) is 12.4. The van der Waals surface area contributed by atoms with E-state index in [9.17, 15) is 9.59 Å².